The van der Waals surface area contributed by atoms with Gasteiger partial charge in [0.25, 0.3) is 5.91 Å². The van der Waals surface area contributed by atoms with Gasteiger partial charge in [-0.05, 0) is 30.2 Å². The third-order valence-corrected chi connectivity index (χ3v) is 4.08. The van der Waals surface area contributed by atoms with Gasteiger partial charge in [-0.2, -0.15) is 0 Å². The third kappa shape index (κ3) is 4.52. The number of nitrogens with two attached hydrogens (primary N) is 2. The highest BCUT2D eigenvalue weighted by Crippen LogP contribution is 2.19. The van der Waals surface area contributed by atoms with Gasteiger partial charge in [0, 0.05) is 40.4 Å². The monoisotopic (exact) mass is 424 g/mol. The molecular formula is C17H19IN3O2+. The lowest BCUT2D eigenvalue weighted by atomic mass is 10.0. The van der Waals surface area contributed by atoms with Crippen molar-refractivity contribution in [3.8, 4) is 0 Å². The summed E-state index contributed by atoms with van der Waals surface area (Å²) in [6, 6.07) is 14.3. The average molecular weight is 424 g/mol. The molecule has 0 aromatic heterocycles. The molecule has 0 aliphatic rings. The molecule has 6 N–H and O–H groups in total. The number of carbonyl (C=O) groups excluding carboxylic acids is 1. The van der Waals surface area contributed by atoms with Crippen molar-refractivity contribution in [3.05, 3.63) is 65.2 Å². The summed E-state index contributed by atoms with van der Waals surface area (Å²) in [6.07, 6.45) is 0.443. The first-order valence-electron chi connectivity index (χ1n) is 7.17. The molecule has 120 valence electrons. The van der Waals surface area contributed by atoms with Crippen LogP contribution in [-0.4, -0.2) is 21.3 Å². The van der Waals surface area contributed by atoms with Gasteiger partial charge in [0.2, 0.25) is 3.72 Å². The van der Waals surface area contributed by atoms with E-state index in [9.17, 15) is 9.90 Å². The van der Waals surface area contributed by atoms with Gasteiger partial charge in [-0.25, -0.2) is 5.41 Å². The molecule has 0 saturated carbocycles. The minimum atomic E-state index is -0.254. The Bertz CT molecular complexity index is 704. The maximum atomic E-state index is 12.5. The molecule has 0 radical (unpaired) electrons. The number of benzene rings is 2. The number of anilines is 1. The number of hydrogen-bond acceptors (Lipinski definition) is 3. The van der Waals surface area contributed by atoms with Gasteiger partial charge in [0.1, 0.15) is 0 Å². The Morgan fingerprint density at radius 3 is 2.57 bits per heavy atom. The van der Waals surface area contributed by atoms with Crippen molar-refractivity contribution >= 4 is 37.9 Å². The molecule has 0 heterocycles. The van der Waals surface area contributed by atoms with Crippen molar-refractivity contribution in [1.29, 1.82) is 0 Å². The highest BCUT2D eigenvalue weighted by molar-refractivity contribution is 14.1. The zero-order chi connectivity index (χ0) is 16.8. The molecule has 0 aliphatic carbocycles. The van der Waals surface area contributed by atoms with Crippen LogP contribution in [0.4, 0.5) is 5.69 Å². The van der Waals surface area contributed by atoms with Crippen LogP contribution < -0.4 is 16.5 Å². The summed E-state index contributed by atoms with van der Waals surface area (Å²) >= 11 is 1.97. The van der Waals surface area contributed by atoms with E-state index in [-0.39, 0.29) is 18.6 Å². The topological polar surface area (TPSA) is 101 Å². The zero-order valence-corrected chi connectivity index (χ0v) is 14.7. The first-order chi connectivity index (χ1) is 11.0. The van der Waals surface area contributed by atoms with E-state index in [0.29, 0.717) is 27.0 Å². The van der Waals surface area contributed by atoms with Gasteiger partial charge < -0.3 is 16.2 Å². The van der Waals surface area contributed by atoms with Gasteiger partial charge in [0.15, 0.2) is 0 Å². The summed E-state index contributed by atoms with van der Waals surface area (Å²) < 4.78 is 0.532. The average Bonchev–Trinajstić information content (AvgIpc) is 2.55. The van der Waals surface area contributed by atoms with Gasteiger partial charge in [0.05, 0.1) is 11.6 Å². The standard InChI is InChI=1S/C17H18IN3O2/c18-16(20)13-10-12(6-7-14(13)19)17(23)21-15(8-9-22)11-4-2-1-3-5-11/h1-7,10,15,20,22H,8-9,19H2,(H,21,23)/p+1. The minimum Gasteiger partial charge on any atom is -0.398 e. The lowest BCUT2D eigenvalue weighted by molar-refractivity contribution is -0.106. The van der Waals surface area contributed by atoms with E-state index in [1.807, 2.05) is 52.9 Å². The summed E-state index contributed by atoms with van der Waals surface area (Å²) in [7, 11) is 0. The SMILES string of the molecule is Nc1ccc(C(=O)NC(CCO)c2ccccc2)cc1C(=[NH2+])I. The van der Waals surface area contributed by atoms with Crippen molar-refractivity contribution in [3.63, 3.8) is 0 Å². The Labute approximate surface area is 148 Å². The Morgan fingerprint density at radius 2 is 1.96 bits per heavy atom. The number of hydrogen-bond donors (Lipinski definition) is 4. The summed E-state index contributed by atoms with van der Waals surface area (Å²) in [5.74, 6) is -0.230. The van der Waals surface area contributed by atoms with Crippen molar-refractivity contribution in [1.82, 2.24) is 5.32 Å². The van der Waals surface area contributed by atoms with E-state index in [0.717, 1.165) is 5.56 Å². The van der Waals surface area contributed by atoms with E-state index in [2.05, 4.69) is 5.32 Å². The quantitative estimate of drug-likeness (QED) is 0.317. The summed E-state index contributed by atoms with van der Waals surface area (Å²) in [5.41, 5.74) is 8.47. The van der Waals surface area contributed by atoms with Gasteiger partial charge in [-0.1, -0.05) is 30.3 Å². The lowest BCUT2D eigenvalue weighted by Crippen LogP contribution is -2.36. The number of rotatable bonds is 6. The Kier molecular flexibility index (Phi) is 6.12. The molecule has 2 rings (SSSR count). The molecule has 0 bridgehead atoms. The minimum absolute atomic E-state index is 0.0126. The van der Waals surface area contributed by atoms with Crippen molar-refractivity contribution < 1.29 is 15.3 Å². The van der Waals surface area contributed by atoms with E-state index < -0.39 is 0 Å². The highest BCUT2D eigenvalue weighted by atomic mass is 127. The van der Waals surface area contributed by atoms with Crippen LogP contribution in [0.15, 0.2) is 48.5 Å². The fraction of sp³-hybridized carbons (Fsp3) is 0.176. The maximum absolute atomic E-state index is 12.5. The predicted octanol–water partition coefficient (Wildman–Crippen LogP) is 1.06. The first-order valence-corrected chi connectivity index (χ1v) is 8.25. The predicted molar refractivity (Wildman–Crippen MR) is 99.3 cm³/mol. The Morgan fingerprint density at radius 1 is 1.26 bits per heavy atom. The first kappa shape index (κ1) is 17.4. The van der Waals surface area contributed by atoms with Crippen LogP contribution in [0.1, 0.15) is 33.9 Å². The Balaban J connectivity index is 2.22. The number of amides is 1. The highest BCUT2D eigenvalue weighted by Gasteiger charge is 2.17. The molecule has 0 saturated heterocycles. The Hall–Kier alpha value is -1.93. The molecule has 0 fully saturated rings. The van der Waals surface area contributed by atoms with Crippen molar-refractivity contribution in [2.24, 2.45) is 0 Å². The molecule has 5 nitrogen and oxygen atoms in total. The van der Waals surface area contributed by atoms with E-state index in [1.165, 1.54) is 0 Å². The molecule has 2 aromatic rings. The van der Waals surface area contributed by atoms with Gasteiger partial charge >= 0.3 is 0 Å². The largest absolute Gasteiger partial charge is 0.398 e. The van der Waals surface area contributed by atoms with Crippen LogP contribution in [0.2, 0.25) is 0 Å². The van der Waals surface area contributed by atoms with Gasteiger partial charge in [-0.15, -0.1) is 0 Å². The number of aliphatic hydroxyl groups is 1. The van der Waals surface area contributed by atoms with Crippen molar-refractivity contribution in [2.75, 3.05) is 12.3 Å². The number of aliphatic hydroxyl groups excluding tert-OH is 1. The van der Waals surface area contributed by atoms with E-state index in [4.69, 9.17) is 11.1 Å². The number of halogens is 1. The smallest absolute Gasteiger partial charge is 0.251 e. The second-order valence-corrected chi connectivity index (χ2v) is 6.26. The van der Waals surface area contributed by atoms with E-state index >= 15 is 0 Å². The number of nitrogens with one attached hydrogen (secondary N) is 1. The molecule has 0 aliphatic heterocycles. The summed E-state index contributed by atoms with van der Waals surface area (Å²) in [5, 5.41) is 18.0. The molecule has 1 atom stereocenters. The fourth-order valence-electron chi connectivity index (χ4n) is 2.28. The van der Waals surface area contributed by atoms with Crippen LogP contribution in [0.25, 0.3) is 0 Å². The molecular weight excluding hydrogens is 405 g/mol. The second kappa shape index (κ2) is 8.07. The van der Waals surface area contributed by atoms with Crippen LogP contribution in [0.3, 0.4) is 0 Å². The second-order valence-electron chi connectivity index (χ2n) is 5.10. The summed E-state index contributed by atoms with van der Waals surface area (Å²) in [6.45, 7) is -0.0126. The number of carbonyl (C=O) groups is 1. The molecule has 6 heteroatoms. The fourth-order valence-corrected chi connectivity index (χ4v) is 2.75. The summed E-state index contributed by atoms with van der Waals surface area (Å²) in [4.78, 5) is 12.5. The third-order valence-electron chi connectivity index (χ3n) is 3.50. The van der Waals surface area contributed by atoms with Crippen LogP contribution in [-0.2, 0) is 0 Å². The van der Waals surface area contributed by atoms with Crippen molar-refractivity contribution in [2.45, 2.75) is 12.5 Å². The normalized spacial score (nSPS) is 11.7. The lowest BCUT2D eigenvalue weighted by Gasteiger charge is -2.18. The van der Waals surface area contributed by atoms with Crippen LogP contribution in [0.5, 0.6) is 0 Å². The zero-order valence-electron chi connectivity index (χ0n) is 12.5. The van der Waals surface area contributed by atoms with Crippen LogP contribution in [0, 0.1) is 0 Å². The molecule has 23 heavy (non-hydrogen) atoms. The van der Waals surface area contributed by atoms with E-state index in [1.54, 1.807) is 18.2 Å². The molecule has 2 aromatic carbocycles. The molecule has 1 amide bonds. The number of nitrogen functional groups attached to an aromatic ring is 1. The molecule has 0 spiro atoms. The molecule has 1 unspecified atom stereocenters. The maximum Gasteiger partial charge on any atom is 0.251 e. The van der Waals surface area contributed by atoms with Gasteiger partial charge in [-0.3, -0.25) is 4.79 Å². The van der Waals surface area contributed by atoms with Crippen LogP contribution >= 0.6 is 22.6 Å².